The van der Waals surface area contributed by atoms with E-state index in [1.165, 1.54) is 5.69 Å². The van der Waals surface area contributed by atoms with Gasteiger partial charge in [0.25, 0.3) is 0 Å². The molecule has 1 N–H and O–H groups in total. The van der Waals surface area contributed by atoms with Gasteiger partial charge in [0, 0.05) is 18.8 Å². The number of rotatable bonds is 3. The molecule has 0 saturated heterocycles. The quantitative estimate of drug-likeness (QED) is 0.816. The van der Waals surface area contributed by atoms with E-state index in [-0.39, 0.29) is 11.0 Å². The first-order valence-corrected chi connectivity index (χ1v) is 6.51. The Morgan fingerprint density at radius 2 is 1.83 bits per heavy atom. The number of anilines is 1. The molecule has 0 amide bonds. The van der Waals surface area contributed by atoms with E-state index < -0.39 is 0 Å². The van der Waals surface area contributed by atoms with E-state index >= 15 is 0 Å². The molecule has 2 heteroatoms. The van der Waals surface area contributed by atoms with Gasteiger partial charge in [0.2, 0.25) is 0 Å². The molecule has 0 saturated carbocycles. The van der Waals surface area contributed by atoms with Gasteiger partial charge in [-0.1, -0.05) is 44.2 Å². The predicted molar refractivity (Wildman–Crippen MR) is 76.8 cm³/mol. The summed E-state index contributed by atoms with van der Waals surface area (Å²) in [7, 11) is 1.78. The molecular formula is C16H23NO. The van der Waals surface area contributed by atoms with Gasteiger partial charge in [0.1, 0.15) is 0 Å². The summed E-state index contributed by atoms with van der Waals surface area (Å²) in [5.41, 5.74) is 1.19. The lowest BCUT2D eigenvalue weighted by molar-refractivity contribution is 0.00211. The normalized spacial score (nSPS) is 30.1. The van der Waals surface area contributed by atoms with Crippen molar-refractivity contribution in [2.24, 2.45) is 5.41 Å². The zero-order chi connectivity index (χ0) is 13.2. The van der Waals surface area contributed by atoms with Crippen LogP contribution in [0.25, 0.3) is 0 Å². The molecule has 18 heavy (non-hydrogen) atoms. The highest BCUT2D eigenvalue weighted by Crippen LogP contribution is 2.39. The minimum atomic E-state index is -0.141. The molecule has 1 aliphatic carbocycles. The maximum absolute atomic E-state index is 5.60. The summed E-state index contributed by atoms with van der Waals surface area (Å²) in [6, 6.07) is 10.7. The Kier molecular flexibility index (Phi) is 3.49. The highest BCUT2D eigenvalue weighted by molar-refractivity contribution is 5.45. The molecule has 0 unspecified atom stereocenters. The summed E-state index contributed by atoms with van der Waals surface area (Å²) in [5.74, 6) is 0. The second-order valence-corrected chi connectivity index (χ2v) is 6.03. The molecular weight excluding hydrogens is 222 g/mol. The highest BCUT2D eigenvalue weighted by atomic mass is 16.5. The molecule has 1 aliphatic rings. The van der Waals surface area contributed by atoms with Crippen LogP contribution in [0.1, 0.15) is 27.2 Å². The Hall–Kier alpha value is -1.28. The van der Waals surface area contributed by atoms with Crippen LogP contribution in [-0.4, -0.2) is 18.8 Å². The van der Waals surface area contributed by atoms with Crippen LogP contribution < -0.4 is 5.32 Å². The van der Waals surface area contributed by atoms with E-state index in [1.54, 1.807) is 7.11 Å². The number of hydrogen-bond acceptors (Lipinski definition) is 2. The van der Waals surface area contributed by atoms with Crippen LogP contribution >= 0.6 is 0 Å². The Bertz CT molecular complexity index is 424. The van der Waals surface area contributed by atoms with Gasteiger partial charge in [-0.3, -0.25) is 0 Å². The maximum Gasteiger partial charge on any atom is 0.0837 e. The Morgan fingerprint density at radius 3 is 2.39 bits per heavy atom. The SMILES string of the molecule is CO[C@@]1(C)C=C[C@H](Nc2ccccc2)C(C)(C)C1. The van der Waals surface area contributed by atoms with Gasteiger partial charge in [0.05, 0.1) is 5.60 Å². The first-order valence-electron chi connectivity index (χ1n) is 6.51. The van der Waals surface area contributed by atoms with Crippen molar-refractivity contribution in [3.8, 4) is 0 Å². The van der Waals surface area contributed by atoms with Crippen LogP contribution in [0, 0.1) is 5.41 Å². The van der Waals surface area contributed by atoms with Gasteiger partial charge in [-0.15, -0.1) is 0 Å². The van der Waals surface area contributed by atoms with E-state index in [4.69, 9.17) is 4.74 Å². The molecule has 2 rings (SSSR count). The third-order valence-corrected chi connectivity index (χ3v) is 3.85. The summed E-state index contributed by atoms with van der Waals surface area (Å²) in [4.78, 5) is 0. The van der Waals surface area contributed by atoms with Gasteiger partial charge in [-0.25, -0.2) is 0 Å². The number of benzene rings is 1. The van der Waals surface area contributed by atoms with Crippen LogP contribution in [0.5, 0.6) is 0 Å². The largest absolute Gasteiger partial charge is 0.378 e. The van der Waals surface area contributed by atoms with Crippen molar-refractivity contribution in [1.29, 1.82) is 0 Å². The monoisotopic (exact) mass is 245 g/mol. The minimum absolute atomic E-state index is 0.141. The third kappa shape index (κ3) is 2.75. The Morgan fingerprint density at radius 1 is 1.17 bits per heavy atom. The van der Waals surface area contributed by atoms with Crippen LogP contribution in [-0.2, 0) is 4.74 Å². The third-order valence-electron chi connectivity index (χ3n) is 3.85. The number of nitrogens with one attached hydrogen (secondary N) is 1. The van der Waals surface area contributed by atoms with Crippen LogP contribution in [0.2, 0.25) is 0 Å². The van der Waals surface area contributed by atoms with Crippen molar-refractivity contribution in [3.63, 3.8) is 0 Å². The molecule has 0 radical (unpaired) electrons. The summed E-state index contributed by atoms with van der Waals surface area (Å²) in [5, 5.41) is 3.59. The maximum atomic E-state index is 5.60. The second kappa shape index (κ2) is 4.77. The lowest BCUT2D eigenvalue weighted by Crippen LogP contribution is -2.45. The Labute approximate surface area is 110 Å². The minimum Gasteiger partial charge on any atom is -0.378 e. The van der Waals surface area contributed by atoms with Gasteiger partial charge >= 0.3 is 0 Å². The molecule has 2 atom stereocenters. The van der Waals surface area contributed by atoms with Crippen molar-refractivity contribution in [2.75, 3.05) is 12.4 Å². The van der Waals surface area contributed by atoms with E-state index in [2.05, 4.69) is 62.5 Å². The lowest BCUT2D eigenvalue weighted by Gasteiger charge is -2.43. The van der Waals surface area contributed by atoms with Crippen molar-refractivity contribution in [3.05, 3.63) is 42.5 Å². The predicted octanol–water partition coefficient (Wildman–Crippen LogP) is 3.86. The number of hydrogen-bond donors (Lipinski definition) is 1. The van der Waals surface area contributed by atoms with Crippen LogP contribution in [0.4, 0.5) is 5.69 Å². The number of methoxy groups -OCH3 is 1. The summed E-state index contributed by atoms with van der Waals surface area (Å²) in [6.45, 7) is 6.72. The molecule has 0 spiro atoms. The molecule has 0 aromatic heterocycles. The molecule has 1 aromatic carbocycles. The van der Waals surface area contributed by atoms with E-state index in [0.29, 0.717) is 6.04 Å². The van der Waals surface area contributed by atoms with Crippen molar-refractivity contribution in [1.82, 2.24) is 0 Å². The topological polar surface area (TPSA) is 21.3 Å². The highest BCUT2D eigenvalue weighted by Gasteiger charge is 2.39. The van der Waals surface area contributed by atoms with Gasteiger partial charge in [0.15, 0.2) is 0 Å². The van der Waals surface area contributed by atoms with Gasteiger partial charge in [-0.2, -0.15) is 0 Å². The molecule has 0 fully saturated rings. The van der Waals surface area contributed by atoms with Crippen molar-refractivity contribution >= 4 is 5.69 Å². The fourth-order valence-corrected chi connectivity index (χ4v) is 2.73. The molecule has 0 bridgehead atoms. The summed E-state index contributed by atoms with van der Waals surface area (Å²) >= 11 is 0. The zero-order valence-electron chi connectivity index (χ0n) is 11.7. The average molecular weight is 245 g/mol. The van der Waals surface area contributed by atoms with Gasteiger partial charge < -0.3 is 10.1 Å². The molecule has 1 aromatic rings. The standard InChI is InChI=1S/C16H23NO/c1-15(2)12-16(3,18-4)11-10-14(15)17-13-8-6-5-7-9-13/h5-11,14,17H,12H2,1-4H3/t14-,16-/m0/s1. The van der Waals surface area contributed by atoms with E-state index in [1.807, 2.05) is 6.07 Å². The Balaban J connectivity index is 2.17. The zero-order valence-corrected chi connectivity index (χ0v) is 11.7. The molecule has 2 nitrogen and oxygen atoms in total. The number of para-hydroxylation sites is 1. The summed E-state index contributed by atoms with van der Waals surface area (Å²) < 4.78 is 5.60. The fraction of sp³-hybridized carbons (Fsp3) is 0.500. The second-order valence-electron chi connectivity index (χ2n) is 6.03. The molecule has 98 valence electrons. The fourth-order valence-electron chi connectivity index (χ4n) is 2.73. The smallest absolute Gasteiger partial charge is 0.0837 e. The number of ether oxygens (including phenoxy) is 1. The lowest BCUT2D eigenvalue weighted by atomic mass is 9.71. The van der Waals surface area contributed by atoms with Gasteiger partial charge in [-0.05, 0) is 30.9 Å². The molecule has 0 aliphatic heterocycles. The van der Waals surface area contributed by atoms with E-state index in [9.17, 15) is 0 Å². The van der Waals surface area contributed by atoms with Crippen molar-refractivity contribution in [2.45, 2.75) is 38.8 Å². The first kappa shape index (κ1) is 13.2. The van der Waals surface area contributed by atoms with E-state index in [0.717, 1.165) is 6.42 Å². The van der Waals surface area contributed by atoms with Crippen LogP contribution in [0.15, 0.2) is 42.5 Å². The summed E-state index contributed by atoms with van der Waals surface area (Å²) in [6.07, 6.45) is 5.43. The first-order chi connectivity index (χ1) is 8.45. The van der Waals surface area contributed by atoms with Crippen molar-refractivity contribution < 1.29 is 4.74 Å². The van der Waals surface area contributed by atoms with Crippen LogP contribution in [0.3, 0.4) is 0 Å². The molecule has 0 heterocycles. The average Bonchev–Trinajstić information content (AvgIpc) is 2.34.